The molecule has 2 heterocycles. The summed E-state index contributed by atoms with van der Waals surface area (Å²) in [6, 6.07) is 13.0. The fourth-order valence-corrected chi connectivity index (χ4v) is 4.75. The summed E-state index contributed by atoms with van der Waals surface area (Å²) in [5.74, 6) is 0.803. The fraction of sp³-hybridized carbons (Fsp3) is 0.429. The Balaban J connectivity index is 1.44. The number of benzene rings is 1. The smallest absolute Gasteiger partial charge is 0.231 e. The Labute approximate surface area is 179 Å². The molecule has 0 saturated heterocycles. The Morgan fingerprint density at radius 2 is 2.03 bits per heavy atom. The Bertz CT molecular complexity index is 934. The van der Waals surface area contributed by atoms with Gasteiger partial charge in [-0.3, -0.25) is 4.79 Å². The van der Waals surface area contributed by atoms with E-state index in [0.717, 1.165) is 29.7 Å². The third-order valence-corrected chi connectivity index (χ3v) is 7.14. The van der Waals surface area contributed by atoms with Gasteiger partial charge in [0.1, 0.15) is 0 Å². The van der Waals surface area contributed by atoms with Crippen molar-refractivity contribution in [1.82, 2.24) is 25.5 Å². The molecule has 1 aliphatic rings. The van der Waals surface area contributed by atoms with E-state index in [1.54, 1.807) is 11.3 Å². The van der Waals surface area contributed by atoms with Crippen LogP contribution in [-0.2, 0) is 4.79 Å². The first kappa shape index (κ1) is 20.1. The van der Waals surface area contributed by atoms with Crippen molar-refractivity contribution < 1.29 is 4.79 Å². The second-order valence-corrected chi connectivity index (χ2v) is 9.34. The standard InChI is InChI=1S/C21H25N5OS2/c1-3-14(2)15-6-8-16(9-7-15)20(18-5-4-12-28-18)22-19(27)13-29-21-23-24-25-26(21)17-10-11-17/h4-9,12,14,17,20H,3,10-11,13H2,1-2H3,(H,22,27). The van der Waals surface area contributed by atoms with Crippen molar-refractivity contribution in [2.75, 3.05) is 5.75 Å². The van der Waals surface area contributed by atoms with Crippen molar-refractivity contribution in [3.63, 3.8) is 0 Å². The molecule has 1 saturated carbocycles. The second kappa shape index (κ2) is 9.09. The molecule has 29 heavy (non-hydrogen) atoms. The van der Waals surface area contributed by atoms with Gasteiger partial charge in [-0.25, -0.2) is 4.68 Å². The molecule has 1 N–H and O–H groups in total. The molecule has 1 aliphatic carbocycles. The van der Waals surface area contributed by atoms with Crippen LogP contribution in [0, 0.1) is 0 Å². The summed E-state index contributed by atoms with van der Waals surface area (Å²) in [5.41, 5.74) is 2.43. The van der Waals surface area contributed by atoms with Crippen LogP contribution in [0.3, 0.4) is 0 Å². The molecule has 0 bridgehead atoms. The molecule has 152 valence electrons. The normalized spacial score (nSPS) is 15.8. The summed E-state index contributed by atoms with van der Waals surface area (Å²) in [6.45, 7) is 4.43. The zero-order valence-electron chi connectivity index (χ0n) is 16.6. The van der Waals surface area contributed by atoms with Crippen molar-refractivity contribution in [2.24, 2.45) is 0 Å². The molecule has 1 fully saturated rings. The minimum atomic E-state index is -0.145. The number of thiophene rings is 1. The molecule has 2 atom stereocenters. The van der Waals surface area contributed by atoms with Crippen LogP contribution in [0.1, 0.15) is 67.1 Å². The summed E-state index contributed by atoms with van der Waals surface area (Å²) < 4.78 is 1.84. The molecule has 0 aliphatic heterocycles. The van der Waals surface area contributed by atoms with Crippen LogP contribution in [0.4, 0.5) is 0 Å². The number of hydrogen-bond acceptors (Lipinski definition) is 6. The number of hydrogen-bond donors (Lipinski definition) is 1. The quantitative estimate of drug-likeness (QED) is 0.506. The predicted molar refractivity (Wildman–Crippen MR) is 116 cm³/mol. The van der Waals surface area contributed by atoms with E-state index in [2.05, 4.69) is 65.0 Å². The maximum Gasteiger partial charge on any atom is 0.231 e. The lowest BCUT2D eigenvalue weighted by Crippen LogP contribution is -2.30. The third kappa shape index (κ3) is 4.87. The highest BCUT2D eigenvalue weighted by molar-refractivity contribution is 7.99. The van der Waals surface area contributed by atoms with E-state index in [4.69, 9.17) is 0 Å². The lowest BCUT2D eigenvalue weighted by Gasteiger charge is -2.19. The van der Waals surface area contributed by atoms with Crippen LogP contribution >= 0.6 is 23.1 Å². The first-order valence-electron chi connectivity index (χ1n) is 9.99. The van der Waals surface area contributed by atoms with E-state index >= 15 is 0 Å². The number of aromatic nitrogens is 4. The van der Waals surface area contributed by atoms with Crippen LogP contribution < -0.4 is 5.32 Å². The number of tetrazole rings is 1. The second-order valence-electron chi connectivity index (χ2n) is 7.42. The van der Waals surface area contributed by atoms with E-state index in [1.807, 2.05) is 16.1 Å². The number of thioether (sulfide) groups is 1. The zero-order valence-corrected chi connectivity index (χ0v) is 18.2. The molecular formula is C21H25N5OS2. The molecule has 8 heteroatoms. The van der Waals surface area contributed by atoms with Gasteiger partial charge in [-0.1, -0.05) is 55.9 Å². The van der Waals surface area contributed by atoms with Gasteiger partial charge < -0.3 is 5.32 Å². The predicted octanol–water partition coefficient (Wildman–Crippen LogP) is 4.58. The van der Waals surface area contributed by atoms with Crippen LogP contribution in [0.5, 0.6) is 0 Å². The lowest BCUT2D eigenvalue weighted by molar-refractivity contribution is -0.119. The first-order valence-corrected chi connectivity index (χ1v) is 11.9. The zero-order chi connectivity index (χ0) is 20.2. The van der Waals surface area contributed by atoms with Gasteiger partial charge in [-0.05, 0) is 58.2 Å². The van der Waals surface area contributed by atoms with E-state index in [1.165, 1.54) is 17.3 Å². The Morgan fingerprint density at radius 3 is 2.69 bits per heavy atom. The molecule has 0 spiro atoms. The number of carbonyl (C=O) groups is 1. The van der Waals surface area contributed by atoms with E-state index in [9.17, 15) is 4.79 Å². The van der Waals surface area contributed by atoms with E-state index < -0.39 is 0 Å². The van der Waals surface area contributed by atoms with Crippen molar-refractivity contribution in [3.05, 3.63) is 57.8 Å². The minimum absolute atomic E-state index is 0.0234. The highest BCUT2D eigenvalue weighted by Crippen LogP contribution is 2.36. The van der Waals surface area contributed by atoms with Crippen molar-refractivity contribution in [3.8, 4) is 0 Å². The highest BCUT2D eigenvalue weighted by atomic mass is 32.2. The molecule has 2 unspecified atom stereocenters. The summed E-state index contributed by atoms with van der Waals surface area (Å²) in [5, 5.41) is 17.8. The van der Waals surface area contributed by atoms with Crippen molar-refractivity contribution in [2.45, 2.75) is 56.3 Å². The molecular weight excluding hydrogens is 402 g/mol. The Morgan fingerprint density at radius 1 is 1.28 bits per heavy atom. The van der Waals surface area contributed by atoms with Crippen molar-refractivity contribution in [1.29, 1.82) is 0 Å². The summed E-state index contributed by atoms with van der Waals surface area (Å²) in [4.78, 5) is 13.9. The molecule has 6 nitrogen and oxygen atoms in total. The summed E-state index contributed by atoms with van der Waals surface area (Å²) >= 11 is 3.05. The van der Waals surface area contributed by atoms with Gasteiger partial charge in [0.05, 0.1) is 17.8 Å². The van der Waals surface area contributed by atoms with Crippen LogP contribution in [0.15, 0.2) is 46.9 Å². The van der Waals surface area contributed by atoms with Gasteiger partial charge in [-0.2, -0.15) is 0 Å². The molecule has 0 radical (unpaired) electrons. The summed E-state index contributed by atoms with van der Waals surface area (Å²) in [7, 11) is 0. The fourth-order valence-electron chi connectivity index (χ4n) is 3.19. The Kier molecular flexibility index (Phi) is 6.30. The maximum atomic E-state index is 12.7. The van der Waals surface area contributed by atoms with Gasteiger partial charge in [0.2, 0.25) is 11.1 Å². The average molecular weight is 428 g/mol. The molecule has 2 aromatic heterocycles. The van der Waals surface area contributed by atoms with Crippen LogP contribution in [-0.4, -0.2) is 31.9 Å². The largest absolute Gasteiger partial charge is 0.344 e. The number of nitrogens with one attached hydrogen (secondary N) is 1. The van der Waals surface area contributed by atoms with Gasteiger partial charge in [0, 0.05) is 4.88 Å². The minimum Gasteiger partial charge on any atom is -0.344 e. The highest BCUT2D eigenvalue weighted by Gasteiger charge is 2.28. The van der Waals surface area contributed by atoms with Gasteiger partial charge in [0.15, 0.2) is 0 Å². The number of carbonyl (C=O) groups excluding carboxylic acids is 1. The van der Waals surface area contributed by atoms with Crippen molar-refractivity contribution >= 4 is 29.0 Å². The molecule has 1 aromatic carbocycles. The average Bonchev–Trinajstić information content (AvgIpc) is 3.25. The third-order valence-electron chi connectivity index (χ3n) is 5.27. The topological polar surface area (TPSA) is 72.7 Å². The van der Waals surface area contributed by atoms with Gasteiger partial charge >= 0.3 is 0 Å². The Hall–Kier alpha value is -2.19. The monoisotopic (exact) mass is 427 g/mol. The van der Waals surface area contributed by atoms with Crippen LogP contribution in [0.2, 0.25) is 0 Å². The maximum absolute atomic E-state index is 12.7. The number of rotatable bonds is 9. The first-order chi connectivity index (χ1) is 14.2. The van der Waals surface area contributed by atoms with Gasteiger partial charge in [-0.15, -0.1) is 16.4 Å². The summed E-state index contributed by atoms with van der Waals surface area (Å²) in [6.07, 6.45) is 3.33. The van der Waals surface area contributed by atoms with Crippen LogP contribution in [0.25, 0.3) is 0 Å². The van der Waals surface area contributed by atoms with E-state index in [0.29, 0.717) is 22.9 Å². The molecule has 1 amide bonds. The lowest BCUT2D eigenvalue weighted by atomic mass is 9.95. The van der Waals surface area contributed by atoms with Gasteiger partial charge in [0.25, 0.3) is 0 Å². The SMILES string of the molecule is CCC(C)c1ccc(C(NC(=O)CSc2nnnn2C2CC2)c2cccs2)cc1. The number of nitrogens with zero attached hydrogens (tertiary/aromatic N) is 4. The molecule has 4 rings (SSSR count). The number of amides is 1. The van der Waals surface area contributed by atoms with E-state index in [-0.39, 0.29) is 11.9 Å². The molecule has 3 aromatic rings.